The Balaban J connectivity index is 1.43. The van der Waals surface area contributed by atoms with Crippen molar-refractivity contribution in [2.24, 2.45) is 5.92 Å². The van der Waals surface area contributed by atoms with E-state index in [1.54, 1.807) is 0 Å². The van der Waals surface area contributed by atoms with E-state index in [1.807, 2.05) is 47.4 Å². The lowest BCUT2D eigenvalue weighted by molar-refractivity contribution is -0.119. The highest BCUT2D eigenvalue weighted by Gasteiger charge is 2.30. The molecule has 0 saturated carbocycles. The average molecular weight is 363 g/mol. The van der Waals surface area contributed by atoms with Gasteiger partial charge >= 0.3 is 0 Å². The molecule has 0 spiro atoms. The first kappa shape index (κ1) is 17.7. The number of nitrogens with one attached hydrogen (secondary N) is 2. The maximum atomic E-state index is 13.0. The molecule has 5 heteroatoms. The fourth-order valence-electron chi connectivity index (χ4n) is 4.02. The van der Waals surface area contributed by atoms with Gasteiger partial charge in [-0.05, 0) is 55.6 Å². The zero-order valence-corrected chi connectivity index (χ0v) is 15.4. The summed E-state index contributed by atoms with van der Waals surface area (Å²) in [6.45, 7) is 2.41. The molecule has 2 aromatic rings. The Hall–Kier alpha value is -2.66. The van der Waals surface area contributed by atoms with E-state index < -0.39 is 0 Å². The van der Waals surface area contributed by atoms with Gasteiger partial charge < -0.3 is 15.5 Å². The van der Waals surface area contributed by atoms with E-state index in [-0.39, 0.29) is 23.8 Å². The molecule has 5 nitrogen and oxygen atoms in total. The van der Waals surface area contributed by atoms with Crippen LogP contribution in [0.25, 0.3) is 0 Å². The van der Waals surface area contributed by atoms with E-state index >= 15 is 0 Å². The van der Waals surface area contributed by atoms with Gasteiger partial charge in [-0.25, -0.2) is 0 Å². The lowest BCUT2D eigenvalue weighted by atomic mass is 10.0. The Kier molecular flexibility index (Phi) is 5.21. The van der Waals surface area contributed by atoms with Crippen LogP contribution in [0.5, 0.6) is 0 Å². The number of likely N-dealkylation sites (tertiary alicyclic amines) is 1. The number of nitrogens with zero attached hydrogens (tertiary/aromatic N) is 1. The van der Waals surface area contributed by atoms with Crippen molar-refractivity contribution in [1.82, 2.24) is 10.2 Å². The first-order valence-electron chi connectivity index (χ1n) is 9.70. The molecular weight excluding hydrogens is 338 g/mol. The predicted molar refractivity (Wildman–Crippen MR) is 106 cm³/mol. The van der Waals surface area contributed by atoms with Crippen molar-refractivity contribution in [3.8, 4) is 0 Å². The van der Waals surface area contributed by atoms with Crippen LogP contribution in [0.1, 0.15) is 41.2 Å². The van der Waals surface area contributed by atoms with Gasteiger partial charge in [-0.1, -0.05) is 30.3 Å². The highest BCUT2D eigenvalue weighted by molar-refractivity contribution is 5.96. The van der Waals surface area contributed by atoms with Crippen molar-refractivity contribution < 1.29 is 9.59 Å². The molecule has 2 saturated heterocycles. The average Bonchev–Trinajstić information content (AvgIpc) is 3.41. The molecular formula is C22H25N3O2. The Labute approximate surface area is 159 Å². The first-order valence-corrected chi connectivity index (χ1v) is 9.70. The molecule has 27 heavy (non-hydrogen) atoms. The summed E-state index contributed by atoms with van der Waals surface area (Å²) in [5.41, 5.74) is 2.60. The normalized spacial score (nSPS) is 22.0. The summed E-state index contributed by atoms with van der Waals surface area (Å²) in [5.74, 6) is 0.129. The molecule has 2 heterocycles. The van der Waals surface area contributed by atoms with Crippen molar-refractivity contribution in [1.29, 1.82) is 0 Å². The van der Waals surface area contributed by atoms with Crippen LogP contribution in [0.3, 0.4) is 0 Å². The number of hydrogen-bond acceptors (Lipinski definition) is 3. The minimum atomic E-state index is 0.0301. The van der Waals surface area contributed by atoms with Gasteiger partial charge in [-0.3, -0.25) is 9.59 Å². The zero-order valence-electron chi connectivity index (χ0n) is 15.4. The number of anilines is 1. The van der Waals surface area contributed by atoms with E-state index in [0.29, 0.717) is 5.56 Å². The van der Waals surface area contributed by atoms with E-state index in [1.165, 1.54) is 5.56 Å². The summed E-state index contributed by atoms with van der Waals surface area (Å²) in [6, 6.07) is 17.6. The van der Waals surface area contributed by atoms with Crippen LogP contribution in [-0.4, -0.2) is 36.3 Å². The van der Waals surface area contributed by atoms with Crippen LogP contribution in [0.4, 0.5) is 5.69 Å². The quantitative estimate of drug-likeness (QED) is 0.877. The number of benzene rings is 2. The number of carbonyl (C=O) groups is 2. The zero-order chi connectivity index (χ0) is 18.6. The molecule has 2 aliphatic rings. The highest BCUT2D eigenvalue weighted by atomic mass is 16.2. The van der Waals surface area contributed by atoms with Crippen LogP contribution >= 0.6 is 0 Å². The Morgan fingerprint density at radius 2 is 1.78 bits per heavy atom. The van der Waals surface area contributed by atoms with Gasteiger partial charge in [0.25, 0.3) is 5.91 Å². The molecule has 2 N–H and O–H groups in total. The molecule has 2 atom stereocenters. The van der Waals surface area contributed by atoms with Crippen molar-refractivity contribution >= 4 is 17.5 Å². The third-order valence-electron chi connectivity index (χ3n) is 5.53. The summed E-state index contributed by atoms with van der Waals surface area (Å²) >= 11 is 0. The topological polar surface area (TPSA) is 61.4 Å². The van der Waals surface area contributed by atoms with E-state index in [9.17, 15) is 9.59 Å². The lowest BCUT2D eigenvalue weighted by Gasteiger charge is -2.25. The Morgan fingerprint density at radius 3 is 2.48 bits per heavy atom. The monoisotopic (exact) mass is 363 g/mol. The molecule has 0 radical (unpaired) electrons. The minimum absolute atomic E-state index is 0.0301. The second-order valence-electron chi connectivity index (χ2n) is 7.32. The van der Waals surface area contributed by atoms with Crippen LogP contribution in [0.2, 0.25) is 0 Å². The Bertz CT molecular complexity index is 798. The van der Waals surface area contributed by atoms with Gasteiger partial charge in [0.1, 0.15) is 0 Å². The smallest absolute Gasteiger partial charge is 0.254 e. The summed E-state index contributed by atoms with van der Waals surface area (Å²) in [6.07, 6.45) is 2.90. The van der Waals surface area contributed by atoms with Gasteiger partial charge in [0.15, 0.2) is 0 Å². The maximum Gasteiger partial charge on any atom is 0.254 e. The lowest BCUT2D eigenvalue weighted by Crippen LogP contribution is -2.30. The highest BCUT2D eigenvalue weighted by Crippen LogP contribution is 2.33. The molecule has 2 aliphatic heterocycles. The Morgan fingerprint density at radius 1 is 1.00 bits per heavy atom. The van der Waals surface area contributed by atoms with E-state index in [0.717, 1.165) is 44.6 Å². The van der Waals surface area contributed by atoms with Crippen molar-refractivity contribution in [3.63, 3.8) is 0 Å². The van der Waals surface area contributed by atoms with Gasteiger partial charge in [-0.2, -0.15) is 0 Å². The summed E-state index contributed by atoms with van der Waals surface area (Å²) in [5, 5.41) is 6.15. The SMILES string of the molecule is O=C(Nc1ccc(C(=O)N2CCCC2c2ccccc2)cc1)C1CCNC1. The summed E-state index contributed by atoms with van der Waals surface area (Å²) < 4.78 is 0. The second kappa shape index (κ2) is 7.92. The van der Waals surface area contributed by atoms with Gasteiger partial charge in [0, 0.05) is 24.3 Å². The minimum Gasteiger partial charge on any atom is -0.332 e. The largest absolute Gasteiger partial charge is 0.332 e. The number of hydrogen-bond donors (Lipinski definition) is 2. The third-order valence-corrected chi connectivity index (χ3v) is 5.53. The van der Waals surface area contributed by atoms with Gasteiger partial charge in [0.05, 0.1) is 12.0 Å². The summed E-state index contributed by atoms with van der Waals surface area (Å²) in [7, 11) is 0. The molecule has 0 aromatic heterocycles. The predicted octanol–water partition coefficient (Wildman–Crippen LogP) is 3.21. The van der Waals surface area contributed by atoms with Crippen molar-refractivity contribution in [2.75, 3.05) is 25.0 Å². The summed E-state index contributed by atoms with van der Waals surface area (Å²) in [4.78, 5) is 27.2. The standard InChI is InChI=1S/C22H25N3O2/c26-21(18-12-13-23-15-18)24-19-10-8-17(9-11-19)22(27)25-14-4-7-20(25)16-5-2-1-3-6-16/h1-3,5-6,8-11,18,20,23H,4,7,12-15H2,(H,24,26). The molecule has 4 rings (SSSR count). The molecule has 2 aromatic carbocycles. The van der Waals surface area contributed by atoms with E-state index in [4.69, 9.17) is 0 Å². The van der Waals surface area contributed by atoms with Gasteiger partial charge in [0.2, 0.25) is 5.91 Å². The number of rotatable bonds is 4. The number of carbonyl (C=O) groups excluding carboxylic acids is 2. The second-order valence-corrected chi connectivity index (χ2v) is 7.32. The first-order chi connectivity index (χ1) is 13.2. The molecule has 140 valence electrons. The van der Waals surface area contributed by atoms with Crippen molar-refractivity contribution in [2.45, 2.75) is 25.3 Å². The van der Waals surface area contributed by atoms with Crippen LogP contribution in [-0.2, 0) is 4.79 Å². The molecule has 2 amide bonds. The third kappa shape index (κ3) is 3.88. The van der Waals surface area contributed by atoms with Gasteiger partial charge in [-0.15, -0.1) is 0 Å². The fourth-order valence-corrected chi connectivity index (χ4v) is 4.02. The van der Waals surface area contributed by atoms with Crippen LogP contribution in [0, 0.1) is 5.92 Å². The molecule has 2 fully saturated rings. The molecule has 2 unspecified atom stereocenters. The van der Waals surface area contributed by atoms with Crippen LogP contribution in [0.15, 0.2) is 54.6 Å². The molecule has 0 aliphatic carbocycles. The number of amides is 2. The van der Waals surface area contributed by atoms with E-state index in [2.05, 4.69) is 22.8 Å². The van der Waals surface area contributed by atoms with Crippen LogP contribution < -0.4 is 10.6 Å². The maximum absolute atomic E-state index is 13.0. The molecule has 0 bridgehead atoms. The fraction of sp³-hybridized carbons (Fsp3) is 0.364. The van der Waals surface area contributed by atoms with Crippen molar-refractivity contribution in [3.05, 3.63) is 65.7 Å².